The zero-order valence-corrected chi connectivity index (χ0v) is 12.3. The van der Waals surface area contributed by atoms with Gasteiger partial charge in [0.15, 0.2) is 5.78 Å². The molecule has 5 nitrogen and oxygen atoms in total. The van der Waals surface area contributed by atoms with Crippen LogP contribution in [0.1, 0.15) is 33.1 Å². The molecular formula is C16H20O5. The number of ketones is 1. The molecule has 21 heavy (non-hydrogen) atoms. The lowest BCUT2D eigenvalue weighted by molar-refractivity contribution is -0.206. The molecule has 3 aliphatic rings. The Labute approximate surface area is 123 Å². The Morgan fingerprint density at radius 1 is 1.48 bits per heavy atom. The Morgan fingerprint density at radius 2 is 2.24 bits per heavy atom. The number of ether oxygens (including phenoxy) is 2. The van der Waals surface area contributed by atoms with E-state index in [0.717, 1.165) is 6.29 Å². The first-order valence-corrected chi connectivity index (χ1v) is 7.50. The van der Waals surface area contributed by atoms with Crippen LogP contribution in [0.4, 0.5) is 0 Å². The predicted molar refractivity (Wildman–Crippen MR) is 73.4 cm³/mol. The molecule has 3 rings (SSSR count). The Hall–Kier alpha value is -1.49. The van der Waals surface area contributed by atoms with Crippen LogP contribution in [-0.4, -0.2) is 36.4 Å². The molecule has 1 aliphatic heterocycles. The molecule has 2 fully saturated rings. The first-order valence-electron chi connectivity index (χ1n) is 7.50. The summed E-state index contributed by atoms with van der Waals surface area (Å²) < 4.78 is 11.2. The van der Waals surface area contributed by atoms with Crippen LogP contribution in [0.25, 0.3) is 0 Å². The zero-order valence-electron chi connectivity index (χ0n) is 12.3. The van der Waals surface area contributed by atoms with Crippen LogP contribution in [0.3, 0.4) is 0 Å². The molecule has 5 heteroatoms. The zero-order chi connectivity index (χ0) is 15.2. The normalized spacial score (nSPS) is 44.9. The lowest BCUT2D eigenvalue weighted by Crippen LogP contribution is -2.64. The van der Waals surface area contributed by atoms with Gasteiger partial charge in [-0.1, -0.05) is 12.2 Å². The van der Waals surface area contributed by atoms with Crippen molar-refractivity contribution < 1.29 is 23.9 Å². The van der Waals surface area contributed by atoms with E-state index in [4.69, 9.17) is 9.47 Å². The van der Waals surface area contributed by atoms with E-state index in [1.54, 1.807) is 6.92 Å². The first kappa shape index (κ1) is 14.4. The monoisotopic (exact) mass is 292 g/mol. The van der Waals surface area contributed by atoms with E-state index in [0.29, 0.717) is 19.3 Å². The third-order valence-electron chi connectivity index (χ3n) is 5.20. The van der Waals surface area contributed by atoms with Gasteiger partial charge in [-0.05, 0) is 26.2 Å². The summed E-state index contributed by atoms with van der Waals surface area (Å²) in [5, 5.41) is 0. The molecule has 0 aromatic carbocycles. The van der Waals surface area contributed by atoms with Gasteiger partial charge in [0.1, 0.15) is 18.5 Å². The third-order valence-corrected chi connectivity index (χ3v) is 5.20. The van der Waals surface area contributed by atoms with Gasteiger partial charge in [0.2, 0.25) is 0 Å². The fraction of sp³-hybridized carbons (Fsp3) is 0.688. The second-order valence-electron chi connectivity index (χ2n) is 6.25. The highest BCUT2D eigenvalue weighted by molar-refractivity contribution is 5.91. The van der Waals surface area contributed by atoms with Gasteiger partial charge in [-0.2, -0.15) is 0 Å². The van der Waals surface area contributed by atoms with Crippen molar-refractivity contribution >= 4 is 18.0 Å². The fourth-order valence-corrected chi connectivity index (χ4v) is 4.32. The molecule has 0 radical (unpaired) electrons. The van der Waals surface area contributed by atoms with E-state index in [2.05, 4.69) is 0 Å². The van der Waals surface area contributed by atoms with Crippen molar-refractivity contribution in [1.29, 1.82) is 0 Å². The molecule has 0 unspecified atom stereocenters. The first-order chi connectivity index (χ1) is 10.0. The summed E-state index contributed by atoms with van der Waals surface area (Å²) in [6, 6.07) is 0. The summed E-state index contributed by atoms with van der Waals surface area (Å²) in [5.41, 5.74) is -0.878. The molecule has 0 amide bonds. The van der Waals surface area contributed by atoms with Gasteiger partial charge < -0.3 is 14.3 Å². The van der Waals surface area contributed by atoms with E-state index in [-0.39, 0.29) is 35.8 Å². The van der Waals surface area contributed by atoms with E-state index in [9.17, 15) is 14.4 Å². The van der Waals surface area contributed by atoms with E-state index < -0.39 is 11.5 Å². The molecule has 0 spiro atoms. The van der Waals surface area contributed by atoms with Crippen molar-refractivity contribution in [3.63, 3.8) is 0 Å². The van der Waals surface area contributed by atoms with Crippen LogP contribution in [0.2, 0.25) is 0 Å². The van der Waals surface area contributed by atoms with Crippen molar-refractivity contribution in [2.24, 2.45) is 17.3 Å². The Kier molecular flexibility index (Phi) is 3.48. The summed E-state index contributed by atoms with van der Waals surface area (Å²) in [7, 11) is 0. The number of carbonyl (C=O) groups excluding carboxylic acids is 3. The van der Waals surface area contributed by atoms with Gasteiger partial charge in [0.05, 0.1) is 11.5 Å². The molecule has 2 aliphatic carbocycles. The fourth-order valence-electron chi connectivity index (χ4n) is 4.32. The van der Waals surface area contributed by atoms with Crippen molar-refractivity contribution in [2.45, 2.75) is 51.4 Å². The van der Waals surface area contributed by atoms with Gasteiger partial charge in [-0.15, -0.1) is 0 Å². The summed E-state index contributed by atoms with van der Waals surface area (Å²) in [6.07, 6.45) is 5.51. The van der Waals surface area contributed by atoms with E-state index in [1.807, 2.05) is 12.2 Å². The topological polar surface area (TPSA) is 69.7 Å². The SMILES string of the molecule is CC(=O)O[C@@H]1CC[C@@H]2O[C@@H](C)C(=O)[C@@H]3CC=C[C@@H]1[C@]23C=O. The second kappa shape index (κ2) is 5.05. The quantitative estimate of drug-likeness (QED) is 0.437. The Balaban J connectivity index is 2.04. The van der Waals surface area contributed by atoms with Crippen LogP contribution in [0.15, 0.2) is 12.2 Å². The molecule has 0 N–H and O–H groups in total. The number of carbonyl (C=O) groups is 3. The number of allylic oxidation sites excluding steroid dienone is 1. The summed E-state index contributed by atoms with van der Waals surface area (Å²) >= 11 is 0. The van der Waals surface area contributed by atoms with Gasteiger partial charge in [-0.25, -0.2) is 0 Å². The highest BCUT2D eigenvalue weighted by atomic mass is 16.5. The minimum Gasteiger partial charge on any atom is -0.462 e. The van der Waals surface area contributed by atoms with Crippen LogP contribution in [0.5, 0.6) is 0 Å². The maximum atomic E-state index is 12.5. The average Bonchev–Trinajstić information content (AvgIpc) is 2.46. The lowest BCUT2D eigenvalue weighted by atomic mass is 9.52. The summed E-state index contributed by atoms with van der Waals surface area (Å²) in [6.45, 7) is 3.12. The number of hydrogen-bond donors (Lipinski definition) is 0. The minimum absolute atomic E-state index is 0.0174. The number of aldehydes is 1. The van der Waals surface area contributed by atoms with Crippen molar-refractivity contribution in [3.8, 4) is 0 Å². The Morgan fingerprint density at radius 3 is 2.90 bits per heavy atom. The maximum absolute atomic E-state index is 12.5. The molecule has 1 heterocycles. The molecule has 0 bridgehead atoms. The number of rotatable bonds is 2. The van der Waals surface area contributed by atoms with Crippen LogP contribution >= 0.6 is 0 Å². The molecule has 114 valence electrons. The second-order valence-corrected chi connectivity index (χ2v) is 6.25. The molecule has 1 saturated heterocycles. The number of Topliss-reactive ketones (excluding diaryl/α,β-unsaturated/α-hetero) is 1. The Bertz CT molecular complexity index is 511. The molecule has 1 saturated carbocycles. The number of hydrogen-bond acceptors (Lipinski definition) is 5. The van der Waals surface area contributed by atoms with Gasteiger partial charge in [0.25, 0.3) is 0 Å². The van der Waals surface area contributed by atoms with Crippen LogP contribution in [-0.2, 0) is 23.9 Å². The largest absolute Gasteiger partial charge is 0.462 e. The van der Waals surface area contributed by atoms with Gasteiger partial charge >= 0.3 is 5.97 Å². The van der Waals surface area contributed by atoms with Crippen molar-refractivity contribution in [2.75, 3.05) is 0 Å². The number of esters is 1. The van der Waals surface area contributed by atoms with Gasteiger partial charge in [-0.3, -0.25) is 9.59 Å². The summed E-state index contributed by atoms with van der Waals surface area (Å²) in [4.78, 5) is 35.8. The standard InChI is InChI=1S/C16H20O5/c1-9-15(19)12-5-3-4-11-13(21-10(2)18)6-7-14(20-9)16(11,12)8-17/h3-4,8-9,11-14H,5-7H2,1-2H3/t9-,11-,12-,13+,14-,16-/m0/s1. The molecule has 6 atom stereocenters. The van der Waals surface area contributed by atoms with Crippen molar-refractivity contribution in [1.82, 2.24) is 0 Å². The van der Waals surface area contributed by atoms with E-state index in [1.165, 1.54) is 6.92 Å². The minimum atomic E-state index is -0.878. The average molecular weight is 292 g/mol. The molecule has 0 aromatic rings. The smallest absolute Gasteiger partial charge is 0.302 e. The lowest BCUT2D eigenvalue weighted by Gasteiger charge is -2.56. The maximum Gasteiger partial charge on any atom is 0.302 e. The highest BCUT2D eigenvalue weighted by Gasteiger charge is 2.62. The van der Waals surface area contributed by atoms with Crippen LogP contribution in [0, 0.1) is 17.3 Å². The highest BCUT2D eigenvalue weighted by Crippen LogP contribution is 2.54. The van der Waals surface area contributed by atoms with Gasteiger partial charge in [0, 0.05) is 18.8 Å². The third kappa shape index (κ3) is 1.98. The van der Waals surface area contributed by atoms with E-state index >= 15 is 0 Å². The summed E-state index contributed by atoms with van der Waals surface area (Å²) in [5.74, 6) is -1.01. The molecular weight excluding hydrogens is 272 g/mol. The predicted octanol–water partition coefficient (Wildman–Crippen LogP) is 1.45. The molecule has 0 aromatic heterocycles. The van der Waals surface area contributed by atoms with Crippen molar-refractivity contribution in [3.05, 3.63) is 12.2 Å². The van der Waals surface area contributed by atoms with Crippen LogP contribution < -0.4 is 0 Å².